The summed E-state index contributed by atoms with van der Waals surface area (Å²) in [5.74, 6) is 2.01. The number of phenolic OH excluding ortho intramolecular Hbond substituents is 1. The average Bonchev–Trinajstić information content (AvgIpc) is 3.21. The highest BCUT2D eigenvalue weighted by Gasteiger charge is 2.40. The number of hydrogen-bond acceptors (Lipinski definition) is 6. The van der Waals surface area contributed by atoms with Crippen LogP contribution >= 0.6 is 16.1 Å². The summed E-state index contributed by atoms with van der Waals surface area (Å²) in [5, 5.41) is 11.1. The highest BCUT2D eigenvalue weighted by atomic mass is 79.9. The van der Waals surface area contributed by atoms with Gasteiger partial charge in [0.1, 0.15) is 23.9 Å². The smallest absolute Gasteiger partial charge is 0.208 e. The van der Waals surface area contributed by atoms with Crippen molar-refractivity contribution in [1.29, 1.82) is 0 Å². The molecule has 2 aromatic carbocycles. The molecule has 1 aliphatic rings. The standard InChI is InChI=1S/C32H46BrN3O5S/c1-9-10-22-19-36(20-27(37)23-17-25(31(2,3)4)29(38)26(18-23)32(5,6)7)30(35-33)28(22)21-11-13-24(14-12-21)41-16-15-34-42(8,39)40/h11-14,17-18,22,28,34,38H,9-10,15-16,19-20H2,1-8H3/b35-30-/t22-,28+/m0/s1. The van der Waals surface area contributed by atoms with Gasteiger partial charge in [-0.2, -0.15) is 4.02 Å². The highest BCUT2D eigenvalue weighted by Crippen LogP contribution is 2.41. The first-order chi connectivity index (χ1) is 19.5. The maximum atomic E-state index is 13.8. The number of carbonyl (C=O) groups excluding carboxylic acids is 1. The zero-order valence-corrected chi connectivity index (χ0v) is 28.5. The van der Waals surface area contributed by atoms with Crippen molar-refractivity contribution < 1.29 is 23.1 Å². The van der Waals surface area contributed by atoms with Gasteiger partial charge in [0.05, 0.1) is 28.9 Å². The van der Waals surface area contributed by atoms with Crippen LogP contribution in [-0.4, -0.2) is 62.5 Å². The number of amidine groups is 1. The molecule has 10 heteroatoms. The van der Waals surface area contributed by atoms with E-state index in [-0.39, 0.29) is 53.9 Å². The van der Waals surface area contributed by atoms with Gasteiger partial charge in [0.2, 0.25) is 10.0 Å². The van der Waals surface area contributed by atoms with Crippen molar-refractivity contribution >= 4 is 37.8 Å². The summed E-state index contributed by atoms with van der Waals surface area (Å²) in [5.41, 5.74) is 2.56. The van der Waals surface area contributed by atoms with Gasteiger partial charge in [-0.25, -0.2) is 13.1 Å². The van der Waals surface area contributed by atoms with E-state index in [1.54, 1.807) is 0 Å². The SMILES string of the molecule is CCC[C@H]1CN(CC(=O)c2cc(C(C)(C)C)c(O)c(C(C)(C)C)c2)/C(=N\Br)[C@@H]1c1ccc(OCCNS(C)(=O)=O)cc1. The molecule has 2 N–H and O–H groups in total. The number of aromatic hydroxyl groups is 1. The molecule has 0 radical (unpaired) electrons. The van der Waals surface area contributed by atoms with Gasteiger partial charge in [0.25, 0.3) is 0 Å². The molecular formula is C32H46BrN3O5S. The highest BCUT2D eigenvalue weighted by molar-refractivity contribution is 9.08. The maximum absolute atomic E-state index is 13.8. The zero-order chi connectivity index (χ0) is 31.5. The van der Waals surface area contributed by atoms with E-state index < -0.39 is 10.0 Å². The number of nitrogens with one attached hydrogen (secondary N) is 1. The molecule has 0 aromatic heterocycles. The van der Waals surface area contributed by atoms with Crippen LogP contribution in [0.3, 0.4) is 0 Å². The summed E-state index contributed by atoms with van der Waals surface area (Å²) in [4.78, 5) is 15.9. The van der Waals surface area contributed by atoms with Crippen LogP contribution in [-0.2, 0) is 20.9 Å². The molecule has 0 aliphatic carbocycles. The Balaban J connectivity index is 1.85. The van der Waals surface area contributed by atoms with E-state index in [0.717, 1.165) is 41.6 Å². The van der Waals surface area contributed by atoms with E-state index in [4.69, 9.17) is 4.74 Å². The largest absolute Gasteiger partial charge is 0.507 e. The van der Waals surface area contributed by atoms with Gasteiger partial charge in [0.15, 0.2) is 5.78 Å². The van der Waals surface area contributed by atoms with Gasteiger partial charge in [-0.15, -0.1) is 0 Å². The Morgan fingerprint density at radius 3 is 2.14 bits per heavy atom. The minimum absolute atomic E-state index is 0.00756. The van der Waals surface area contributed by atoms with Crippen molar-refractivity contribution in [2.24, 2.45) is 9.94 Å². The fourth-order valence-electron chi connectivity index (χ4n) is 5.56. The van der Waals surface area contributed by atoms with Gasteiger partial charge < -0.3 is 14.7 Å². The Morgan fingerprint density at radius 2 is 1.67 bits per heavy atom. The monoisotopic (exact) mass is 663 g/mol. The molecule has 1 heterocycles. The van der Waals surface area contributed by atoms with Gasteiger partial charge in [0, 0.05) is 35.7 Å². The first-order valence-electron chi connectivity index (χ1n) is 14.5. The number of benzene rings is 2. The lowest BCUT2D eigenvalue weighted by Gasteiger charge is -2.28. The summed E-state index contributed by atoms with van der Waals surface area (Å²) < 4.78 is 35.1. The summed E-state index contributed by atoms with van der Waals surface area (Å²) in [6.07, 6.45) is 3.11. The second-order valence-electron chi connectivity index (χ2n) is 13.3. The van der Waals surface area contributed by atoms with E-state index in [1.165, 1.54) is 0 Å². The van der Waals surface area contributed by atoms with Crippen LogP contribution < -0.4 is 9.46 Å². The Labute approximate surface area is 260 Å². The third-order valence-corrected chi connectivity index (χ3v) is 8.72. The quantitative estimate of drug-likeness (QED) is 0.215. The van der Waals surface area contributed by atoms with Gasteiger partial charge in [-0.3, -0.25) is 4.79 Å². The molecule has 0 spiro atoms. The van der Waals surface area contributed by atoms with Gasteiger partial charge >= 0.3 is 0 Å². The topological polar surface area (TPSA) is 108 Å². The lowest BCUT2D eigenvalue weighted by atomic mass is 9.78. The molecule has 232 valence electrons. The van der Waals surface area contributed by atoms with Crippen molar-refractivity contribution in [3.8, 4) is 11.5 Å². The lowest BCUT2D eigenvalue weighted by molar-refractivity contribution is 0.0963. The molecule has 0 amide bonds. The van der Waals surface area contributed by atoms with E-state index in [2.05, 4.69) is 36.7 Å². The van der Waals surface area contributed by atoms with Crippen molar-refractivity contribution in [1.82, 2.24) is 9.62 Å². The third kappa shape index (κ3) is 8.57. The van der Waals surface area contributed by atoms with E-state index >= 15 is 0 Å². The number of carbonyl (C=O) groups is 1. The number of nitrogens with zero attached hydrogens (tertiary/aromatic N) is 2. The third-order valence-electron chi connectivity index (χ3n) is 7.63. The number of hydrogen-bond donors (Lipinski definition) is 2. The fraction of sp³-hybridized carbons (Fsp3) is 0.562. The number of phenols is 1. The summed E-state index contributed by atoms with van der Waals surface area (Å²) >= 11 is 3.36. The van der Waals surface area contributed by atoms with E-state index in [9.17, 15) is 18.3 Å². The first-order valence-corrected chi connectivity index (χ1v) is 17.1. The zero-order valence-electron chi connectivity index (χ0n) is 26.1. The Kier molecular flexibility index (Phi) is 10.9. The van der Waals surface area contributed by atoms with Crippen molar-refractivity contribution in [2.75, 3.05) is 32.5 Å². The number of Topliss-reactive ketones (excluding diaryl/α,β-unsaturated/α-hetero) is 1. The minimum atomic E-state index is -3.26. The summed E-state index contributed by atoms with van der Waals surface area (Å²) in [6, 6.07) is 11.5. The second-order valence-corrected chi connectivity index (χ2v) is 15.5. The number of sulfonamides is 1. The number of likely N-dealkylation sites (tertiary alicyclic amines) is 1. The summed E-state index contributed by atoms with van der Waals surface area (Å²) in [7, 11) is -3.26. The Hall–Kier alpha value is -2.43. The first kappa shape index (κ1) is 34.1. The molecule has 42 heavy (non-hydrogen) atoms. The number of ether oxygens (including phenoxy) is 1. The predicted molar refractivity (Wildman–Crippen MR) is 174 cm³/mol. The van der Waals surface area contributed by atoms with Gasteiger partial charge in [-0.1, -0.05) is 67.0 Å². The molecule has 0 saturated carbocycles. The molecule has 1 aliphatic heterocycles. The van der Waals surface area contributed by atoms with Crippen LogP contribution in [0, 0.1) is 5.92 Å². The molecular weight excluding hydrogens is 618 g/mol. The Morgan fingerprint density at radius 1 is 1.10 bits per heavy atom. The number of rotatable bonds is 11. The number of halogens is 1. The Bertz CT molecular complexity index is 1360. The molecule has 2 atom stereocenters. The average molecular weight is 665 g/mol. The predicted octanol–water partition coefficient (Wildman–Crippen LogP) is 6.32. The van der Waals surface area contributed by atoms with Crippen LogP contribution in [0.5, 0.6) is 11.5 Å². The molecule has 1 fully saturated rings. The fourth-order valence-corrected chi connectivity index (χ4v) is 6.46. The normalized spacial score (nSPS) is 19.0. The number of ketones is 1. The van der Waals surface area contributed by atoms with Crippen LogP contribution in [0.1, 0.15) is 94.3 Å². The maximum Gasteiger partial charge on any atom is 0.208 e. The van der Waals surface area contributed by atoms with Crippen molar-refractivity contribution in [3.63, 3.8) is 0 Å². The van der Waals surface area contributed by atoms with E-state index in [1.807, 2.05) is 77.9 Å². The summed E-state index contributed by atoms with van der Waals surface area (Å²) in [6.45, 7) is 15.7. The molecule has 0 bridgehead atoms. The van der Waals surface area contributed by atoms with Crippen LogP contribution in [0.2, 0.25) is 0 Å². The van der Waals surface area contributed by atoms with Gasteiger partial charge in [-0.05, 0) is 53.0 Å². The molecule has 3 rings (SSSR count). The minimum Gasteiger partial charge on any atom is -0.507 e. The lowest BCUT2D eigenvalue weighted by Crippen LogP contribution is -2.32. The molecule has 2 aromatic rings. The molecule has 8 nitrogen and oxygen atoms in total. The second kappa shape index (κ2) is 13.5. The van der Waals surface area contributed by atoms with Crippen LogP contribution in [0.25, 0.3) is 0 Å². The van der Waals surface area contributed by atoms with E-state index in [0.29, 0.717) is 17.9 Å². The van der Waals surface area contributed by atoms with Crippen molar-refractivity contribution in [3.05, 3.63) is 58.7 Å². The molecule has 1 saturated heterocycles. The van der Waals surface area contributed by atoms with Crippen molar-refractivity contribution in [2.45, 2.75) is 78.1 Å². The van der Waals surface area contributed by atoms with Crippen LogP contribution in [0.15, 0.2) is 40.4 Å². The van der Waals surface area contributed by atoms with Crippen LogP contribution in [0.4, 0.5) is 0 Å². The molecule has 0 unspecified atom stereocenters.